The molecule has 130 valence electrons. The van der Waals surface area contributed by atoms with E-state index in [0.717, 1.165) is 49.5 Å². The van der Waals surface area contributed by atoms with Crippen molar-refractivity contribution in [2.75, 3.05) is 19.6 Å². The molecule has 2 aromatic heterocycles. The van der Waals surface area contributed by atoms with Crippen LogP contribution in [0.2, 0.25) is 0 Å². The fraction of sp³-hybridized carbons (Fsp3) is 0.588. The molecule has 0 saturated carbocycles. The van der Waals surface area contributed by atoms with Crippen LogP contribution in [0.1, 0.15) is 29.6 Å². The van der Waals surface area contributed by atoms with E-state index in [2.05, 4.69) is 33.9 Å². The minimum atomic E-state index is 0.0506. The average molecular weight is 347 g/mol. The van der Waals surface area contributed by atoms with Crippen LogP contribution in [0.4, 0.5) is 4.79 Å². The highest BCUT2D eigenvalue weighted by molar-refractivity contribution is 7.09. The fourth-order valence-corrected chi connectivity index (χ4v) is 3.91. The number of aryl methyl sites for hydroxylation is 2. The molecule has 0 bridgehead atoms. The molecule has 1 saturated heterocycles. The van der Waals surface area contributed by atoms with Gasteiger partial charge in [-0.2, -0.15) is 5.10 Å². The van der Waals surface area contributed by atoms with E-state index in [1.807, 2.05) is 22.8 Å². The Morgan fingerprint density at radius 3 is 3.08 bits per heavy atom. The summed E-state index contributed by atoms with van der Waals surface area (Å²) in [5.41, 5.74) is 2.33. The molecule has 2 aromatic rings. The van der Waals surface area contributed by atoms with Crippen LogP contribution in [0.3, 0.4) is 0 Å². The number of likely N-dealkylation sites (tertiary alicyclic amines) is 1. The Bertz CT molecular complexity index is 680. The van der Waals surface area contributed by atoms with E-state index in [1.54, 1.807) is 11.3 Å². The molecule has 2 amide bonds. The highest BCUT2D eigenvalue weighted by Gasteiger charge is 2.26. The number of hydrogen-bond donors (Lipinski definition) is 1. The maximum atomic E-state index is 12.3. The van der Waals surface area contributed by atoms with Crippen molar-refractivity contribution in [2.24, 2.45) is 13.0 Å². The summed E-state index contributed by atoms with van der Waals surface area (Å²) in [7, 11) is 1.93. The van der Waals surface area contributed by atoms with E-state index in [4.69, 9.17) is 0 Å². The van der Waals surface area contributed by atoms with Crippen molar-refractivity contribution < 1.29 is 4.79 Å². The van der Waals surface area contributed by atoms with Crippen molar-refractivity contribution >= 4 is 17.4 Å². The second-order valence-corrected chi connectivity index (χ2v) is 7.34. The lowest BCUT2D eigenvalue weighted by atomic mass is 10.0. The molecule has 24 heavy (non-hydrogen) atoms. The monoisotopic (exact) mass is 347 g/mol. The number of nitrogens with zero attached hydrogens (tertiary/aromatic N) is 4. The minimum Gasteiger partial charge on any atom is -0.338 e. The zero-order valence-electron chi connectivity index (χ0n) is 14.4. The van der Waals surface area contributed by atoms with E-state index in [-0.39, 0.29) is 6.03 Å². The highest BCUT2D eigenvalue weighted by Crippen LogP contribution is 2.20. The molecule has 3 heterocycles. The van der Waals surface area contributed by atoms with Crippen molar-refractivity contribution in [3.8, 4) is 0 Å². The number of thiazole rings is 1. The molecule has 6 nitrogen and oxygen atoms in total. The Morgan fingerprint density at radius 2 is 2.38 bits per heavy atom. The first-order chi connectivity index (χ1) is 11.6. The highest BCUT2D eigenvalue weighted by atomic mass is 32.1. The molecule has 1 aliphatic rings. The Labute approximate surface area is 146 Å². The third-order valence-electron chi connectivity index (χ3n) is 4.41. The summed E-state index contributed by atoms with van der Waals surface area (Å²) in [6, 6.07) is 0.0506. The molecule has 0 aromatic carbocycles. The molecule has 0 aliphatic carbocycles. The fourth-order valence-electron chi connectivity index (χ4n) is 3.13. The number of aromatic nitrogens is 3. The Morgan fingerprint density at radius 1 is 1.50 bits per heavy atom. The van der Waals surface area contributed by atoms with Gasteiger partial charge in [0.2, 0.25) is 0 Å². The zero-order valence-corrected chi connectivity index (χ0v) is 15.2. The molecule has 0 unspecified atom stereocenters. The average Bonchev–Trinajstić information content (AvgIpc) is 3.29. The molecule has 0 radical (unpaired) electrons. The van der Waals surface area contributed by atoms with E-state index in [9.17, 15) is 4.79 Å². The van der Waals surface area contributed by atoms with Crippen molar-refractivity contribution in [1.82, 2.24) is 25.0 Å². The van der Waals surface area contributed by atoms with Crippen LogP contribution in [-0.2, 0) is 26.3 Å². The third kappa shape index (κ3) is 4.35. The van der Waals surface area contributed by atoms with Gasteiger partial charge in [-0.25, -0.2) is 9.78 Å². The summed E-state index contributed by atoms with van der Waals surface area (Å²) in [5.74, 6) is 0.533. The van der Waals surface area contributed by atoms with E-state index >= 15 is 0 Å². The molecule has 1 atom stereocenters. The summed E-state index contributed by atoms with van der Waals surface area (Å²) >= 11 is 1.70. The first-order valence-corrected chi connectivity index (χ1v) is 9.45. The summed E-state index contributed by atoms with van der Waals surface area (Å²) in [6.45, 7) is 4.43. The SMILES string of the molecule is CCc1nc(CCNC(=O)N2CC[C@@H](Cc3cnn(C)c3)C2)cs1. The predicted molar refractivity (Wildman–Crippen MR) is 95.2 cm³/mol. The van der Waals surface area contributed by atoms with Gasteiger partial charge in [-0.15, -0.1) is 11.3 Å². The lowest BCUT2D eigenvalue weighted by molar-refractivity contribution is 0.207. The van der Waals surface area contributed by atoms with Crippen molar-refractivity contribution in [1.29, 1.82) is 0 Å². The van der Waals surface area contributed by atoms with Crippen LogP contribution in [0.25, 0.3) is 0 Å². The van der Waals surface area contributed by atoms with Crippen molar-refractivity contribution in [2.45, 2.75) is 32.6 Å². The summed E-state index contributed by atoms with van der Waals surface area (Å²) in [4.78, 5) is 18.7. The number of urea groups is 1. The number of hydrogen-bond acceptors (Lipinski definition) is 4. The van der Waals surface area contributed by atoms with Crippen LogP contribution >= 0.6 is 11.3 Å². The van der Waals surface area contributed by atoms with Gasteiger partial charge in [-0.1, -0.05) is 6.92 Å². The maximum Gasteiger partial charge on any atom is 0.317 e. The Balaban J connectivity index is 1.39. The molecule has 1 N–H and O–H groups in total. The second-order valence-electron chi connectivity index (χ2n) is 6.40. The standard InChI is InChI=1S/C17H25N5OS/c1-3-16-20-15(12-24-16)4-6-18-17(23)22-7-5-13(11-22)8-14-9-19-21(2)10-14/h9-10,12-13H,3-8,11H2,1-2H3,(H,18,23)/t13-/m0/s1. The number of carbonyl (C=O) groups is 1. The summed E-state index contributed by atoms with van der Waals surface area (Å²) in [5, 5.41) is 10.5. The predicted octanol–water partition coefficient (Wildman–Crippen LogP) is 2.26. The van der Waals surface area contributed by atoms with E-state index < -0.39 is 0 Å². The Hall–Kier alpha value is -1.89. The smallest absolute Gasteiger partial charge is 0.317 e. The van der Waals surface area contributed by atoms with Gasteiger partial charge in [-0.05, 0) is 30.7 Å². The van der Waals surface area contributed by atoms with E-state index in [0.29, 0.717) is 12.5 Å². The van der Waals surface area contributed by atoms with Gasteiger partial charge in [0.15, 0.2) is 0 Å². The van der Waals surface area contributed by atoms with Gasteiger partial charge >= 0.3 is 6.03 Å². The van der Waals surface area contributed by atoms with Crippen LogP contribution < -0.4 is 5.32 Å². The van der Waals surface area contributed by atoms with Gasteiger partial charge < -0.3 is 10.2 Å². The van der Waals surface area contributed by atoms with Crippen LogP contribution in [0.15, 0.2) is 17.8 Å². The lowest BCUT2D eigenvalue weighted by Gasteiger charge is -2.17. The molecule has 1 aliphatic heterocycles. The van der Waals surface area contributed by atoms with Crippen LogP contribution in [-0.4, -0.2) is 45.3 Å². The third-order valence-corrected chi connectivity index (χ3v) is 5.46. The number of carbonyl (C=O) groups excluding carboxylic acids is 1. The van der Waals surface area contributed by atoms with Gasteiger partial charge in [0.05, 0.1) is 16.9 Å². The van der Waals surface area contributed by atoms with Gasteiger partial charge in [0.25, 0.3) is 0 Å². The topological polar surface area (TPSA) is 63.1 Å². The first-order valence-electron chi connectivity index (χ1n) is 8.57. The summed E-state index contributed by atoms with van der Waals surface area (Å²) < 4.78 is 1.83. The molecule has 7 heteroatoms. The largest absolute Gasteiger partial charge is 0.338 e. The zero-order chi connectivity index (χ0) is 16.9. The minimum absolute atomic E-state index is 0.0506. The second kappa shape index (κ2) is 7.79. The van der Waals surface area contributed by atoms with Gasteiger partial charge in [-0.3, -0.25) is 4.68 Å². The van der Waals surface area contributed by atoms with Gasteiger partial charge in [0.1, 0.15) is 0 Å². The molecule has 0 spiro atoms. The normalized spacial score (nSPS) is 17.4. The molecular weight excluding hydrogens is 322 g/mol. The maximum absolute atomic E-state index is 12.3. The quantitative estimate of drug-likeness (QED) is 0.872. The van der Waals surface area contributed by atoms with Crippen LogP contribution in [0.5, 0.6) is 0 Å². The Kier molecular flexibility index (Phi) is 5.50. The first kappa shape index (κ1) is 17.0. The molecule has 1 fully saturated rings. The van der Waals surface area contributed by atoms with Crippen LogP contribution in [0, 0.1) is 5.92 Å². The molecular formula is C17H25N5OS. The lowest BCUT2D eigenvalue weighted by Crippen LogP contribution is -2.39. The number of amides is 2. The number of nitrogens with one attached hydrogen (secondary N) is 1. The van der Waals surface area contributed by atoms with Crippen molar-refractivity contribution in [3.05, 3.63) is 34.0 Å². The van der Waals surface area contributed by atoms with Crippen molar-refractivity contribution in [3.63, 3.8) is 0 Å². The summed E-state index contributed by atoms with van der Waals surface area (Å²) in [6.07, 6.45) is 7.81. The number of rotatable bonds is 6. The van der Waals surface area contributed by atoms with Gasteiger partial charge in [0, 0.05) is 44.7 Å². The van der Waals surface area contributed by atoms with E-state index in [1.165, 1.54) is 5.56 Å². The molecule has 3 rings (SSSR count).